The zero-order valence-corrected chi connectivity index (χ0v) is 20.5. The fourth-order valence-electron chi connectivity index (χ4n) is 2.72. The van der Waals surface area contributed by atoms with E-state index in [1.165, 1.54) is 17.7 Å². The predicted molar refractivity (Wildman–Crippen MR) is 132 cm³/mol. The molecule has 3 rings (SSSR count). The molecule has 0 saturated heterocycles. The van der Waals surface area contributed by atoms with Crippen LogP contribution in [0.15, 0.2) is 69.1 Å². The monoisotopic (exact) mass is 555 g/mol. The van der Waals surface area contributed by atoms with Crippen molar-refractivity contribution in [3.05, 3.63) is 71.6 Å². The number of oxazole rings is 1. The number of halogens is 1. The number of hydrogen-bond donors (Lipinski definition) is 3. The van der Waals surface area contributed by atoms with Crippen molar-refractivity contribution in [1.29, 1.82) is 0 Å². The van der Waals surface area contributed by atoms with Crippen molar-refractivity contribution in [3.63, 3.8) is 0 Å². The Morgan fingerprint density at radius 3 is 2.58 bits per heavy atom. The first kappa shape index (κ1) is 24.8. The molecule has 0 aliphatic carbocycles. The number of aliphatic imine (C=N–C) groups is 1. The summed E-state index contributed by atoms with van der Waals surface area (Å²) >= 11 is 0. The number of sulfonamides is 1. The highest BCUT2D eigenvalue weighted by molar-refractivity contribution is 14.0. The van der Waals surface area contributed by atoms with Gasteiger partial charge in [0.25, 0.3) is 0 Å². The van der Waals surface area contributed by atoms with Crippen molar-refractivity contribution in [2.75, 3.05) is 6.54 Å². The second-order valence-electron chi connectivity index (χ2n) is 6.75. The van der Waals surface area contributed by atoms with Crippen LogP contribution < -0.4 is 15.8 Å². The van der Waals surface area contributed by atoms with Gasteiger partial charge in [-0.2, -0.15) is 0 Å². The molecule has 10 heteroatoms. The van der Waals surface area contributed by atoms with Crippen molar-refractivity contribution < 1.29 is 12.8 Å². The highest BCUT2D eigenvalue weighted by Gasteiger charge is 2.09. The molecule has 3 aromatic rings. The van der Waals surface area contributed by atoms with Crippen LogP contribution in [0.5, 0.6) is 0 Å². The maximum atomic E-state index is 11.5. The van der Waals surface area contributed by atoms with E-state index in [0.29, 0.717) is 31.5 Å². The van der Waals surface area contributed by atoms with Gasteiger partial charge < -0.3 is 15.1 Å². The van der Waals surface area contributed by atoms with E-state index in [-0.39, 0.29) is 28.9 Å². The lowest BCUT2D eigenvalue weighted by Crippen LogP contribution is -2.36. The third-order valence-electron chi connectivity index (χ3n) is 4.28. The standard InChI is InChI=1S/C21H25N5O3S.HI/c1-3-23-21(24-12-16-5-4-6-19(11-16)30(22,27)28)25-13-18-14-29-20(26-18)17-9-7-15(2)8-10-17;/h4-11,14H,3,12-13H2,1-2H3,(H2,22,27,28)(H2,23,24,25);1H. The molecule has 1 heterocycles. The molecule has 0 bridgehead atoms. The molecule has 4 N–H and O–H groups in total. The summed E-state index contributed by atoms with van der Waals surface area (Å²) in [6.07, 6.45) is 1.61. The van der Waals surface area contributed by atoms with E-state index in [9.17, 15) is 8.42 Å². The summed E-state index contributed by atoms with van der Waals surface area (Å²) in [5.41, 5.74) is 3.57. The van der Waals surface area contributed by atoms with Gasteiger partial charge in [0, 0.05) is 12.1 Å². The highest BCUT2D eigenvalue weighted by atomic mass is 127. The van der Waals surface area contributed by atoms with E-state index in [2.05, 4.69) is 20.6 Å². The van der Waals surface area contributed by atoms with Gasteiger partial charge >= 0.3 is 0 Å². The van der Waals surface area contributed by atoms with Crippen molar-refractivity contribution in [2.24, 2.45) is 10.1 Å². The van der Waals surface area contributed by atoms with Gasteiger partial charge in [-0.1, -0.05) is 29.8 Å². The second-order valence-corrected chi connectivity index (χ2v) is 8.31. The molecule has 0 radical (unpaired) electrons. The van der Waals surface area contributed by atoms with Gasteiger partial charge in [-0.25, -0.2) is 23.5 Å². The fraction of sp³-hybridized carbons (Fsp3) is 0.238. The summed E-state index contributed by atoms with van der Waals surface area (Å²) in [7, 11) is -3.74. The van der Waals surface area contributed by atoms with Crippen LogP contribution in [0.25, 0.3) is 11.5 Å². The topological polar surface area (TPSA) is 123 Å². The van der Waals surface area contributed by atoms with Crippen LogP contribution in [-0.4, -0.2) is 25.9 Å². The van der Waals surface area contributed by atoms with Crippen molar-refractivity contribution >= 4 is 40.0 Å². The van der Waals surface area contributed by atoms with E-state index in [1.807, 2.05) is 38.1 Å². The maximum Gasteiger partial charge on any atom is 0.238 e. The van der Waals surface area contributed by atoms with Crippen molar-refractivity contribution in [2.45, 2.75) is 31.8 Å². The molecule has 8 nitrogen and oxygen atoms in total. The Labute approximate surface area is 199 Å². The normalized spacial score (nSPS) is 11.6. The molecule has 166 valence electrons. The number of nitrogens with zero attached hydrogens (tertiary/aromatic N) is 2. The zero-order chi connectivity index (χ0) is 21.6. The van der Waals surface area contributed by atoms with Crippen LogP contribution in [0.3, 0.4) is 0 Å². The zero-order valence-electron chi connectivity index (χ0n) is 17.3. The number of aromatic nitrogens is 1. The van der Waals surface area contributed by atoms with Crippen LogP contribution >= 0.6 is 24.0 Å². The summed E-state index contributed by atoms with van der Waals surface area (Å²) in [5, 5.41) is 11.5. The molecule has 0 unspecified atom stereocenters. The van der Waals surface area contributed by atoms with Crippen molar-refractivity contribution in [1.82, 2.24) is 15.6 Å². The number of rotatable bonds is 7. The third-order valence-corrected chi connectivity index (χ3v) is 5.19. The van der Waals surface area contributed by atoms with Gasteiger partial charge in [-0.05, 0) is 43.7 Å². The van der Waals surface area contributed by atoms with Crippen molar-refractivity contribution in [3.8, 4) is 11.5 Å². The van der Waals surface area contributed by atoms with E-state index in [1.54, 1.807) is 18.4 Å². The number of aryl methyl sites for hydroxylation is 1. The highest BCUT2D eigenvalue weighted by Crippen LogP contribution is 2.19. The lowest BCUT2D eigenvalue weighted by atomic mass is 10.1. The minimum Gasteiger partial charge on any atom is -0.444 e. The molecular weight excluding hydrogens is 529 g/mol. The SMILES string of the molecule is CCNC(=NCc1cccc(S(N)(=O)=O)c1)NCc1coc(-c2ccc(C)cc2)n1.I. The molecular formula is C21H26IN5O3S. The Balaban J connectivity index is 0.00000341. The molecule has 0 aliphatic rings. The summed E-state index contributed by atoms with van der Waals surface area (Å²) in [6, 6.07) is 14.4. The summed E-state index contributed by atoms with van der Waals surface area (Å²) in [5.74, 6) is 1.15. The van der Waals surface area contributed by atoms with Gasteiger partial charge in [0.2, 0.25) is 15.9 Å². The number of primary sulfonamides is 1. The molecule has 0 amide bonds. The smallest absolute Gasteiger partial charge is 0.238 e. The Bertz CT molecular complexity index is 1130. The van der Waals surface area contributed by atoms with E-state index >= 15 is 0 Å². The van der Waals surface area contributed by atoms with Gasteiger partial charge in [0.05, 0.1) is 23.7 Å². The maximum absolute atomic E-state index is 11.5. The number of nitrogens with two attached hydrogens (primary N) is 1. The molecule has 0 fully saturated rings. The van der Waals surface area contributed by atoms with Crippen LogP contribution in [0.4, 0.5) is 0 Å². The first-order valence-electron chi connectivity index (χ1n) is 9.50. The quantitative estimate of drug-likeness (QED) is 0.234. The van der Waals surface area contributed by atoms with Gasteiger partial charge in [0.1, 0.15) is 6.26 Å². The van der Waals surface area contributed by atoms with E-state index in [0.717, 1.165) is 16.8 Å². The molecule has 0 saturated carbocycles. The van der Waals surface area contributed by atoms with Crippen LogP contribution in [0.2, 0.25) is 0 Å². The lowest BCUT2D eigenvalue weighted by Gasteiger charge is -2.10. The fourth-order valence-corrected chi connectivity index (χ4v) is 3.31. The van der Waals surface area contributed by atoms with Gasteiger partial charge in [0.15, 0.2) is 5.96 Å². The summed E-state index contributed by atoms with van der Waals surface area (Å²) < 4.78 is 28.6. The molecule has 0 atom stereocenters. The minimum absolute atomic E-state index is 0. The largest absolute Gasteiger partial charge is 0.444 e. The van der Waals surface area contributed by atoms with Crippen LogP contribution in [0.1, 0.15) is 23.7 Å². The Morgan fingerprint density at radius 2 is 1.90 bits per heavy atom. The Morgan fingerprint density at radius 1 is 1.16 bits per heavy atom. The molecule has 0 spiro atoms. The van der Waals surface area contributed by atoms with Gasteiger partial charge in [-0.15, -0.1) is 24.0 Å². The minimum atomic E-state index is -3.74. The molecule has 0 aliphatic heterocycles. The first-order chi connectivity index (χ1) is 14.3. The number of guanidine groups is 1. The van der Waals surface area contributed by atoms with Crippen LogP contribution in [-0.2, 0) is 23.1 Å². The van der Waals surface area contributed by atoms with Crippen LogP contribution in [0, 0.1) is 6.92 Å². The molecule has 1 aromatic heterocycles. The Kier molecular flexibility index (Phi) is 9.01. The number of nitrogens with one attached hydrogen (secondary N) is 2. The summed E-state index contributed by atoms with van der Waals surface area (Å²) in [6.45, 7) is 5.40. The molecule has 31 heavy (non-hydrogen) atoms. The Hall–Kier alpha value is -2.44. The van der Waals surface area contributed by atoms with Gasteiger partial charge in [-0.3, -0.25) is 0 Å². The molecule has 2 aromatic carbocycles. The lowest BCUT2D eigenvalue weighted by molar-refractivity contribution is 0.572. The average molecular weight is 555 g/mol. The van der Waals surface area contributed by atoms with E-state index < -0.39 is 10.0 Å². The second kappa shape index (κ2) is 11.3. The third kappa shape index (κ3) is 7.33. The average Bonchev–Trinajstić information content (AvgIpc) is 3.19. The number of benzene rings is 2. The van der Waals surface area contributed by atoms with E-state index in [4.69, 9.17) is 9.56 Å². The first-order valence-corrected chi connectivity index (χ1v) is 11.0. The predicted octanol–water partition coefficient (Wildman–Crippen LogP) is 3.17. The number of hydrogen-bond acceptors (Lipinski definition) is 5. The summed E-state index contributed by atoms with van der Waals surface area (Å²) in [4.78, 5) is 9.07.